The van der Waals surface area contributed by atoms with Gasteiger partial charge in [0.2, 0.25) is 0 Å². The lowest BCUT2D eigenvalue weighted by Gasteiger charge is -2.19. The predicted molar refractivity (Wildman–Crippen MR) is 77.7 cm³/mol. The number of nitrogens with one attached hydrogen (secondary N) is 1. The normalized spacial score (nSPS) is 14.1. The van der Waals surface area contributed by atoms with Crippen molar-refractivity contribution in [2.75, 3.05) is 12.3 Å². The van der Waals surface area contributed by atoms with Crippen molar-refractivity contribution in [3.8, 4) is 0 Å². The highest BCUT2D eigenvalue weighted by Gasteiger charge is 2.11. The molecule has 0 amide bonds. The SMILES string of the molecule is Cc1ccsc1C(C)NCCSC(C)(C)C. The van der Waals surface area contributed by atoms with Crippen LogP contribution in [0.25, 0.3) is 0 Å². The molecule has 0 aliphatic heterocycles. The topological polar surface area (TPSA) is 12.0 Å². The number of aryl methyl sites for hydroxylation is 1. The van der Waals surface area contributed by atoms with E-state index in [-0.39, 0.29) is 0 Å². The molecule has 3 heteroatoms. The molecule has 1 heterocycles. The summed E-state index contributed by atoms with van der Waals surface area (Å²) in [6.45, 7) is 12.3. The van der Waals surface area contributed by atoms with Crippen LogP contribution < -0.4 is 5.32 Å². The Balaban J connectivity index is 2.26. The summed E-state index contributed by atoms with van der Waals surface area (Å²) >= 11 is 3.87. The van der Waals surface area contributed by atoms with Crippen LogP contribution in [0.5, 0.6) is 0 Å². The van der Waals surface area contributed by atoms with Gasteiger partial charge in [-0.2, -0.15) is 11.8 Å². The molecule has 1 aromatic rings. The number of hydrogen-bond donors (Lipinski definition) is 1. The number of thioether (sulfide) groups is 1. The molecule has 0 spiro atoms. The minimum absolute atomic E-state index is 0.379. The largest absolute Gasteiger partial charge is 0.309 e. The van der Waals surface area contributed by atoms with E-state index in [0.29, 0.717) is 10.8 Å². The van der Waals surface area contributed by atoms with E-state index in [0.717, 1.165) is 6.54 Å². The Morgan fingerprint density at radius 1 is 1.44 bits per heavy atom. The minimum atomic E-state index is 0.379. The maximum Gasteiger partial charge on any atom is 0.0389 e. The van der Waals surface area contributed by atoms with E-state index in [9.17, 15) is 0 Å². The highest BCUT2D eigenvalue weighted by Crippen LogP contribution is 2.24. The van der Waals surface area contributed by atoms with Crippen molar-refractivity contribution >= 4 is 23.1 Å². The molecule has 1 rings (SSSR count). The van der Waals surface area contributed by atoms with Crippen molar-refractivity contribution in [2.24, 2.45) is 0 Å². The van der Waals surface area contributed by atoms with Crippen LogP contribution in [0.2, 0.25) is 0 Å². The van der Waals surface area contributed by atoms with E-state index in [4.69, 9.17) is 0 Å². The van der Waals surface area contributed by atoms with E-state index in [2.05, 4.69) is 51.4 Å². The second kappa shape index (κ2) is 6.08. The van der Waals surface area contributed by atoms with E-state index in [1.807, 2.05) is 23.1 Å². The lowest BCUT2D eigenvalue weighted by atomic mass is 10.2. The van der Waals surface area contributed by atoms with Crippen molar-refractivity contribution in [3.63, 3.8) is 0 Å². The third-order valence-corrected chi connectivity index (χ3v) is 4.86. The molecule has 1 aromatic heterocycles. The van der Waals surface area contributed by atoms with Gasteiger partial charge in [-0.05, 0) is 30.9 Å². The van der Waals surface area contributed by atoms with Gasteiger partial charge in [0.25, 0.3) is 0 Å². The molecule has 92 valence electrons. The van der Waals surface area contributed by atoms with Crippen molar-refractivity contribution in [1.29, 1.82) is 0 Å². The van der Waals surface area contributed by atoms with E-state index in [1.165, 1.54) is 16.2 Å². The zero-order valence-corrected chi connectivity index (χ0v) is 12.6. The van der Waals surface area contributed by atoms with Crippen molar-refractivity contribution in [2.45, 2.75) is 45.4 Å². The van der Waals surface area contributed by atoms with Gasteiger partial charge in [-0.25, -0.2) is 0 Å². The molecule has 0 fully saturated rings. The molecule has 0 aromatic carbocycles. The fourth-order valence-electron chi connectivity index (χ4n) is 1.55. The zero-order chi connectivity index (χ0) is 12.2. The van der Waals surface area contributed by atoms with Gasteiger partial charge in [-0.15, -0.1) is 11.3 Å². The summed E-state index contributed by atoms with van der Waals surface area (Å²) < 4.78 is 0.379. The average molecular weight is 257 g/mol. The van der Waals surface area contributed by atoms with Crippen molar-refractivity contribution in [3.05, 3.63) is 21.9 Å². The Bertz CT molecular complexity index is 312. The monoisotopic (exact) mass is 257 g/mol. The van der Waals surface area contributed by atoms with Crippen LogP contribution in [0.1, 0.15) is 44.2 Å². The standard InChI is InChI=1S/C13H23NS2/c1-10-6-8-15-12(10)11(2)14-7-9-16-13(3,4)5/h6,8,11,14H,7,9H2,1-5H3. The summed E-state index contributed by atoms with van der Waals surface area (Å²) in [5.41, 5.74) is 1.41. The van der Waals surface area contributed by atoms with Gasteiger partial charge in [0.05, 0.1) is 0 Å². The van der Waals surface area contributed by atoms with Gasteiger partial charge < -0.3 is 5.32 Å². The first-order valence-corrected chi connectivity index (χ1v) is 7.68. The molecule has 1 N–H and O–H groups in total. The summed E-state index contributed by atoms with van der Waals surface area (Å²) in [6.07, 6.45) is 0. The molecule has 16 heavy (non-hydrogen) atoms. The highest BCUT2D eigenvalue weighted by atomic mass is 32.2. The molecular weight excluding hydrogens is 234 g/mol. The van der Waals surface area contributed by atoms with E-state index >= 15 is 0 Å². The fraction of sp³-hybridized carbons (Fsp3) is 0.692. The maximum atomic E-state index is 3.59. The van der Waals surface area contributed by atoms with Gasteiger partial charge >= 0.3 is 0 Å². The molecule has 0 radical (unpaired) electrons. The second-order valence-electron chi connectivity index (χ2n) is 5.10. The Morgan fingerprint density at radius 3 is 2.62 bits per heavy atom. The van der Waals surface area contributed by atoms with E-state index in [1.54, 1.807) is 0 Å². The first-order chi connectivity index (χ1) is 7.40. The van der Waals surface area contributed by atoms with E-state index < -0.39 is 0 Å². The first kappa shape index (κ1) is 14.1. The zero-order valence-electron chi connectivity index (χ0n) is 11.0. The van der Waals surface area contributed by atoms with Crippen LogP contribution in [-0.2, 0) is 0 Å². The Kier molecular flexibility index (Phi) is 5.35. The summed E-state index contributed by atoms with van der Waals surface area (Å²) in [5, 5.41) is 5.76. The maximum absolute atomic E-state index is 3.59. The lowest BCUT2D eigenvalue weighted by Crippen LogP contribution is -2.23. The highest BCUT2D eigenvalue weighted by molar-refractivity contribution is 8.00. The summed E-state index contributed by atoms with van der Waals surface area (Å²) in [7, 11) is 0. The summed E-state index contributed by atoms with van der Waals surface area (Å²) in [6, 6.07) is 2.68. The van der Waals surface area contributed by atoms with Crippen LogP contribution in [0, 0.1) is 6.92 Å². The molecule has 1 atom stereocenters. The summed E-state index contributed by atoms with van der Waals surface area (Å²) in [5.74, 6) is 1.18. The van der Waals surface area contributed by atoms with Crippen molar-refractivity contribution < 1.29 is 0 Å². The van der Waals surface area contributed by atoms with Crippen molar-refractivity contribution in [1.82, 2.24) is 5.32 Å². The predicted octanol–water partition coefficient (Wildman–Crippen LogP) is 4.24. The van der Waals surface area contributed by atoms with Crippen LogP contribution >= 0.6 is 23.1 Å². The summed E-state index contributed by atoms with van der Waals surface area (Å²) in [4.78, 5) is 1.47. The smallest absolute Gasteiger partial charge is 0.0389 e. The molecule has 1 nitrogen and oxygen atoms in total. The van der Waals surface area contributed by atoms with Crippen LogP contribution in [-0.4, -0.2) is 17.0 Å². The number of hydrogen-bond acceptors (Lipinski definition) is 3. The third-order valence-electron chi connectivity index (χ3n) is 2.38. The Labute approximate surface area is 108 Å². The minimum Gasteiger partial charge on any atom is -0.309 e. The van der Waals surface area contributed by atoms with Gasteiger partial charge in [0.15, 0.2) is 0 Å². The molecule has 0 saturated heterocycles. The van der Waals surface area contributed by atoms with Gasteiger partial charge in [0.1, 0.15) is 0 Å². The quantitative estimate of drug-likeness (QED) is 0.792. The fourth-order valence-corrected chi connectivity index (χ4v) is 3.35. The average Bonchev–Trinajstić information content (AvgIpc) is 2.57. The lowest BCUT2D eigenvalue weighted by molar-refractivity contribution is 0.607. The first-order valence-electron chi connectivity index (χ1n) is 5.81. The van der Waals surface area contributed by atoms with Crippen LogP contribution in [0.4, 0.5) is 0 Å². The van der Waals surface area contributed by atoms with Gasteiger partial charge in [-0.3, -0.25) is 0 Å². The number of rotatable bonds is 5. The molecular formula is C13H23NS2. The second-order valence-corrected chi connectivity index (χ2v) is 7.97. The number of thiophene rings is 1. The third kappa shape index (κ3) is 4.89. The van der Waals surface area contributed by atoms with Crippen LogP contribution in [0.3, 0.4) is 0 Å². The van der Waals surface area contributed by atoms with Gasteiger partial charge in [-0.1, -0.05) is 20.8 Å². The molecule has 1 unspecified atom stereocenters. The Morgan fingerprint density at radius 2 is 2.12 bits per heavy atom. The molecule has 0 saturated carbocycles. The van der Waals surface area contributed by atoms with Gasteiger partial charge in [0, 0.05) is 28.0 Å². The Hall–Kier alpha value is 0.01000. The van der Waals surface area contributed by atoms with Crippen LogP contribution in [0.15, 0.2) is 11.4 Å². The molecule has 0 aliphatic rings. The molecule has 0 bridgehead atoms. The molecule has 0 aliphatic carbocycles.